The van der Waals surface area contributed by atoms with Crippen molar-refractivity contribution in [1.29, 1.82) is 0 Å². The average Bonchev–Trinajstić information content (AvgIpc) is 2.36. The summed E-state index contributed by atoms with van der Waals surface area (Å²) in [5.41, 5.74) is 0.643. The molecule has 0 saturated carbocycles. The van der Waals surface area contributed by atoms with Crippen molar-refractivity contribution in [3.05, 3.63) is 11.8 Å². The van der Waals surface area contributed by atoms with Gasteiger partial charge in [-0.15, -0.1) is 0 Å². The van der Waals surface area contributed by atoms with Crippen LogP contribution in [0.4, 0.5) is 0 Å². The van der Waals surface area contributed by atoms with Crippen molar-refractivity contribution in [3.63, 3.8) is 0 Å². The van der Waals surface area contributed by atoms with Crippen LogP contribution in [-0.4, -0.2) is 6.61 Å². The highest BCUT2D eigenvalue weighted by Crippen LogP contribution is 2.39. The van der Waals surface area contributed by atoms with Gasteiger partial charge in [-0.3, -0.25) is 0 Å². The third kappa shape index (κ3) is 4.73. The molecular formula is C16H30O. The summed E-state index contributed by atoms with van der Waals surface area (Å²) in [6, 6.07) is 0. The highest BCUT2D eigenvalue weighted by atomic mass is 16.5. The molecule has 0 N–H and O–H groups in total. The second-order valence-corrected chi connectivity index (χ2v) is 7.15. The first-order valence-corrected chi connectivity index (χ1v) is 7.12. The van der Waals surface area contributed by atoms with E-state index in [2.05, 4.69) is 47.6 Å². The van der Waals surface area contributed by atoms with Crippen molar-refractivity contribution in [1.82, 2.24) is 0 Å². The summed E-state index contributed by atoms with van der Waals surface area (Å²) in [6.45, 7) is 14.7. The predicted molar refractivity (Wildman–Crippen MR) is 74.9 cm³/mol. The lowest BCUT2D eigenvalue weighted by Crippen LogP contribution is -2.17. The van der Waals surface area contributed by atoms with Crippen LogP contribution in [0.25, 0.3) is 0 Å². The Labute approximate surface area is 108 Å². The molecule has 0 aromatic carbocycles. The Kier molecular flexibility index (Phi) is 4.69. The van der Waals surface area contributed by atoms with Crippen LogP contribution in [0.5, 0.6) is 0 Å². The van der Waals surface area contributed by atoms with Gasteiger partial charge in [-0.1, -0.05) is 48.0 Å². The summed E-state index contributed by atoms with van der Waals surface area (Å²) in [6.07, 6.45) is 7.17. The van der Waals surface area contributed by atoms with Gasteiger partial charge in [0.05, 0.1) is 12.4 Å². The molecule has 0 aliphatic carbocycles. The summed E-state index contributed by atoms with van der Waals surface area (Å²) in [5, 5.41) is 0. The Morgan fingerprint density at radius 1 is 1.35 bits per heavy atom. The SMILES string of the molecule is CCC1COC(CC(C)(C)C)=CC(C)(CC)C1. The lowest BCUT2D eigenvalue weighted by Gasteiger charge is -2.26. The third-order valence-corrected chi connectivity index (χ3v) is 3.86. The van der Waals surface area contributed by atoms with Crippen LogP contribution >= 0.6 is 0 Å². The molecule has 1 heterocycles. The first kappa shape index (κ1) is 14.6. The van der Waals surface area contributed by atoms with Crippen molar-refractivity contribution in [3.8, 4) is 0 Å². The molecule has 0 spiro atoms. The molecule has 1 aliphatic heterocycles. The maximum atomic E-state index is 6.04. The summed E-state index contributed by atoms with van der Waals surface area (Å²) >= 11 is 0. The van der Waals surface area contributed by atoms with Crippen LogP contribution in [0.3, 0.4) is 0 Å². The minimum absolute atomic E-state index is 0.312. The zero-order chi connectivity index (χ0) is 13.1. The van der Waals surface area contributed by atoms with Gasteiger partial charge in [-0.25, -0.2) is 0 Å². The number of allylic oxidation sites excluding steroid dienone is 2. The Morgan fingerprint density at radius 2 is 2.00 bits per heavy atom. The maximum Gasteiger partial charge on any atom is 0.0930 e. The van der Waals surface area contributed by atoms with E-state index in [1.165, 1.54) is 25.0 Å². The topological polar surface area (TPSA) is 9.23 Å². The van der Waals surface area contributed by atoms with Crippen LogP contribution in [-0.2, 0) is 4.74 Å². The maximum absolute atomic E-state index is 6.04. The number of hydrogen-bond acceptors (Lipinski definition) is 1. The molecule has 1 nitrogen and oxygen atoms in total. The normalized spacial score (nSPS) is 30.5. The van der Waals surface area contributed by atoms with E-state index in [0.29, 0.717) is 16.7 Å². The predicted octanol–water partition coefficient (Wildman–Crippen LogP) is 5.17. The standard InChI is InChI=1S/C16H30O/c1-7-13-9-16(6,8-2)11-14(17-12-13)10-15(3,4)5/h11,13H,7-10,12H2,1-6H3. The molecule has 0 aromatic rings. The summed E-state index contributed by atoms with van der Waals surface area (Å²) < 4.78 is 6.04. The quantitative estimate of drug-likeness (QED) is 0.659. The fourth-order valence-corrected chi connectivity index (χ4v) is 2.57. The van der Waals surface area contributed by atoms with E-state index in [0.717, 1.165) is 13.0 Å². The van der Waals surface area contributed by atoms with Gasteiger partial charge < -0.3 is 4.74 Å². The van der Waals surface area contributed by atoms with Gasteiger partial charge in [-0.2, -0.15) is 0 Å². The second-order valence-electron chi connectivity index (χ2n) is 7.15. The molecule has 1 rings (SSSR count). The number of rotatable bonds is 3. The Balaban J connectivity index is 2.83. The van der Waals surface area contributed by atoms with Crippen LogP contribution in [0.2, 0.25) is 0 Å². The van der Waals surface area contributed by atoms with Gasteiger partial charge in [0.15, 0.2) is 0 Å². The molecule has 2 unspecified atom stereocenters. The van der Waals surface area contributed by atoms with E-state index in [4.69, 9.17) is 4.74 Å². The van der Waals surface area contributed by atoms with E-state index in [1.54, 1.807) is 0 Å². The molecular weight excluding hydrogens is 208 g/mol. The van der Waals surface area contributed by atoms with Crippen molar-refractivity contribution >= 4 is 0 Å². The highest BCUT2D eigenvalue weighted by Gasteiger charge is 2.29. The van der Waals surface area contributed by atoms with E-state index in [1.807, 2.05) is 0 Å². The fourth-order valence-electron chi connectivity index (χ4n) is 2.57. The van der Waals surface area contributed by atoms with E-state index in [9.17, 15) is 0 Å². The van der Waals surface area contributed by atoms with E-state index >= 15 is 0 Å². The molecule has 17 heavy (non-hydrogen) atoms. The average molecular weight is 238 g/mol. The first-order valence-electron chi connectivity index (χ1n) is 7.12. The molecule has 0 aromatic heterocycles. The van der Waals surface area contributed by atoms with Crippen molar-refractivity contribution < 1.29 is 4.74 Å². The van der Waals surface area contributed by atoms with Crippen molar-refractivity contribution in [2.45, 2.75) is 67.2 Å². The molecule has 0 radical (unpaired) electrons. The number of ether oxygens (including phenoxy) is 1. The Bertz CT molecular complexity index is 272. The lowest BCUT2D eigenvalue weighted by atomic mass is 9.77. The van der Waals surface area contributed by atoms with Crippen molar-refractivity contribution in [2.24, 2.45) is 16.7 Å². The second kappa shape index (κ2) is 5.46. The van der Waals surface area contributed by atoms with Crippen LogP contribution in [0.15, 0.2) is 11.8 Å². The minimum Gasteiger partial charge on any atom is -0.498 e. The molecule has 100 valence electrons. The van der Waals surface area contributed by atoms with Gasteiger partial charge in [0.25, 0.3) is 0 Å². The van der Waals surface area contributed by atoms with Crippen LogP contribution in [0, 0.1) is 16.7 Å². The summed E-state index contributed by atoms with van der Waals surface area (Å²) in [7, 11) is 0. The van der Waals surface area contributed by atoms with Gasteiger partial charge in [0.2, 0.25) is 0 Å². The molecule has 1 aliphatic rings. The molecule has 1 heteroatoms. The smallest absolute Gasteiger partial charge is 0.0930 e. The minimum atomic E-state index is 0.312. The number of hydrogen-bond donors (Lipinski definition) is 0. The highest BCUT2D eigenvalue weighted by molar-refractivity contribution is 5.07. The van der Waals surface area contributed by atoms with Gasteiger partial charge in [0.1, 0.15) is 0 Å². The molecule has 0 fully saturated rings. The van der Waals surface area contributed by atoms with Gasteiger partial charge in [0, 0.05) is 6.42 Å². The van der Waals surface area contributed by atoms with Gasteiger partial charge >= 0.3 is 0 Å². The first-order chi connectivity index (χ1) is 7.78. The molecule has 2 atom stereocenters. The molecule has 0 amide bonds. The van der Waals surface area contributed by atoms with Gasteiger partial charge in [-0.05, 0) is 35.7 Å². The Morgan fingerprint density at radius 3 is 2.47 bits per heavy atom. The zero-order valence-corrected chi connectivity index (χ0v) is 12.6. The van der Waals surface area contributed by atoms with E-state index in [-0.39, 0.29) is 0 Å². The molecule has 0 saturated heterocycles. The lowest BCUT2D eigenvalue weighted by molar-refractivity contribution is 0.139. The summed E-state index contributed by atoms with van der Waals surface area (Å²) in [5.74, 6) is 1.94. The summed E-state index contributed by atoms with van der Waals surface area (Å²) in [4.78, 5) is 0. The monoisotopic (exact) mass is 238 g/mol. The van der Waals surface area contributed by atoms with Crippen LogP contribution < -0.4 is 0 Å². The fraction of sp³-hybridized carbons (Fsp3) is 0.875. The van der Waals surface area contributed by atoms with Crippen LogP contribution in [0.1, 0.15) is 67.2 Å². The van der Waals surface area contributed by atoms with E-state index < -0.39 is 0 Å². The third-order valence-electron chi connectivity index (χ3n) is 3.86. The molecule has 0 bridgehead atoms. The Hall–Kier alpha value is -0.460. The largest absolute Gasteiger partial charge is 0.498 e. The van der Waals surface area contributed by atoms with Crippen molar-refractivity contribution in [2.75, 3.05) is 6.61 Å². The zero-order valence-electron chi connectivity index (χ0n) is 12.6.